The molecule has 3 heterocycles. The first-order chi connectivity index (χ1) is 16.0. The second-order valence-electron chi connectivity index (χ2n) is 7.77. The van der Waals surface area contributed by atoms with Gasteiger partial charge in [-0.25, -0.2) is 20.4 Å². The number of hydrogen-bond donors (Lipinski definition) is 3. The largest absolute Gasteiger partial charge is 0.381 e. The summed E-state index contributed by atoms with van der Waals surface area (Å²) in [6, 6.07) is 6.62. The predicted molar refractivity (Wildman–Crippen MR) is 121 cm³/mol. The van der Waals surface area contributed by atoms with Gasteiger partial charge in [0.15, 0.2) is 5.82 Å². The molecule has 0 spiro atoms. The molecule has 1 aliphatic heterocycles. The number of rotatable bonds is 6. The molecule has 3 aromatic rings. The summed E-state index contributed by atoms with van der Waals surface area (Å²) >= 11 is 0. The second-order valence-corrected chi connectivity index (χ2v) is 7.77. The SMILES string of the molecule is COC1CCN(c2nc(-c3cnc(N)nc3)cn(Cc3ccc(C(=O)NO)cc3)c2=O)CC1. The minimum Gasteiger partial charge on any atom is -0.381 e. The van der Waals surface area contributed by atoms with Crippen molar-refractivity contribution in [3.05, 3.63) is 64.3 Å². The highest BCUT2D eigenvalue weighted by atomic mass is 16.5. The van der Waals surface area contributed by atoms with E-state index in [4.69, 9.17) is 15.7 Å². The normalized spacial score (nSPS) is 14.3. The van der Waals surface area contributed by atoms with Crippen LogP contribution < -0.4 is 21.7 Å². The van der Waals surface area contributed by atoms with Crippen molar-refractivity contribution in [2.45, 2.75) is 25.5 Å². The molecule has 172 valence electrons. The summed E-state index contributed by atoms with van der Waals surface area (Å²) in [7, 11) is 1.70. The summed E-state index contributed by atoms with van der Waals surface area (Å²) in [5.41, 5.74) is 9.31. The highest BCUT2D eigenvalue weighted by Gasteiger charge is 2.23. The number of carbonyl (C=O) groups excluding carboxylic acids is 1. The van der Waals surface area contributed by atoms with Crippen LogP contribution in [-0.4, -0.2) is 56.9 Å². The van der Waals surface area contributed by atoms with E-state index < -0.39 is 5.91 Å². The molecule has 1 amide bonds. The molecule has 0 atom stereocenters. The summed E-state index contributed by atoms with van der Waals surface area (Å²) in [6.45, 7) is 1.59. The van der Waals surface area contributed by atoms with Gasteiger partial charge in [0, 0.05) is 49.9 Å². The maximum atomic E-state index is 13.4. The van der Waals surface area contributed by atoms with Crippen LogP contribution in [0.2, 0.25) is 0 Å². The molecular formula is C22H25N7O4. The second kappa shape index (κ2) is 9.76. The third-order valence-electron chi connectivity index (χ3n) is 5.67. The van der Waals surface area contributed by atoms with Gasteiger partial charge in [-0.3, -0.25) is 14.8 Å². The predicted octanol–water partition coefficient (Wildman–Crippen LogP) is 1.06. The number of benzene rings is 1. The fourth-order valence-corrected chi connectivity index (χ4v) is 3.78. The smallest absolute Gasteiger partial charge is 0.293 e. The van der Waals surface area contributed by atoms with Crippen molar-refractivity contribution in [1.82, 2.24) is 25.0 Å². The average Bonchev–Trinajstić information content (AvgIpc) is 2.86. The van der Waals surface area contributed by atoms with Crippen molar-refractivity contribution >= 4 is 17.7 Å². The lowest BCUT2D eigenvalue weighted by molar-refractivity contribution is 0.0706. The Labute approximate surface area is 189 Å². The monoisotopic (exact) mass is 451 g/mol. The number of nitrogens with one attached hydrogen (secondary N) is 1. The van der Waals surface area contributed by atoms with Crippen LogP contribution in [0.25, 0.3) is 11.3 Å². The molecule has 2 aromatic heterocycles. The molecular weight excluding hydrogens is 426 g/mol. The highest BCUT2D eigenvalue weighted by Crippen LogP contribution is 2.21. The minimum absolute atomic E-state index is 0.154. The van der Waals surface area contributed by atoms with Gasteiger partial charge in [0.1, 0.15) is 0 Å². The van der Waals surface area contributed by atoms with Gasteiger partial charge in [-0.05, 0) is 30.5 Å². The van der Waals surface area contributed by atoms with Crippen molar-refractivity contribution in [3.63, 3.8) is 0 Å². The van der Waals surface area contributed by atoms with E-state index in [1.165, 1.54) is 0 Å². The first kappa shape index (κ1) is 22.4. The van der Waals surface area contributed by atoms with E-state index in [1.807, 2.05) is 4.90 Å². The van der Waals surface area contributed by atoms with E-state index in [0.29, 0.717) is 35.7 Å². The maximum absolute atomic E-state index is 13.4. The van der Waals surface area contributed by atoms with Crippen molar-refractivity contribution in [1.29, 1.82) is 0 Å². The fraction of sp³-hybridized carbons (Fsp3) is 0.318. The molecule has 1 aromatic carbocycles. The van der Waals surface area contributed by atoms with Gasteiger partial charge in [-0.15, -0.1) is 0 Å². The number of aromatic nitrogens is 4. The van der Waals surface area contributed by atoms with Crippen molar-refractivity contribution < 1.29 is 14.7 Å². The number of piperidine rings is 1. The zero-order valence-corrected chi connectivity index (χ0v) is 18.1. The lowest BCUT2D eigenvalue weighted by atomic mass is 10.1. The average molecular weight is 451 g/mol. The quantitative estimate of drug-likeness (QED) is 0.369. The van der Waals surface area contributed by atoms with Gasteiger partial charge in [-0.1, -0.05) is 12.1 Å². The number of anilines is 2. The van der Waals surface area contributed by atoms with Crippen LogP contribution in [-0.2, 0) is 11.3 Å². The van der Waals surface area contributed by atoms with Crippen LogP contribution in [0.3, 0.4) is 0 Å². The molecule has 0 aliphatic carbocycles. The third-order valence-corrected chi connectivity index (χ3v) is 5.67. The summed E-state index contributed by atoms with van der Waals surface area (Å²) in [4.78, 5) is 39.6. The number of hydroxylamine groups is 1. The molecule has 1 saturated heterocycles. The van der Waals surface area contributed by atoms with Crippen LogP contribution in [0, 0.1) is 0 Å². The lowest BCUT2D eigenvalue weighted by Crippen LogP contribution is -2.41. The molecule has 0 bridgehead atoms. The first-order valence-electron chi connectivity index (χ1n) is 10.5. The van der Waals surface area contributed by atoms with Crippen LogP contribution in [0.15, 0.2) is 47.7 Å². The number of methoxy groups -OCH3 is 1. The topological polar surface area (TPSA) is 148 Å². The molecule has 0 radical (unpaired) electrons. The Bertz CT molecular complexity index is 1170. The van der Waals surface area contributed by atoms with E-state index in [2.05, 4.69) is 15.0 Å². The molecule has 0 unspecified atom stereocenters. The maximum Gasteiger partial charge on any atom is 0.293 e. The zero-order chi connectivity index (χ0) is 23.4. The summed E-state index contributed by atoms with van der Waals surface area (Å²) < 4.78 is 7.03. The zero-order valence-electron chi connectivity index (χ0n) is 18.1. The van der Waals surface area contributed by atoms with Gasteiger partial charge in [0.25, 0.3) is 11.5 Å². The minimum atomic E-state index is -0.602. The van der Waals surface area contributed by atoms with E-state index in [0.717, 1.165) is 18.4 Å². The van der Waals surface area contributed by atoms with Gasteiger partial charge < -0.3 is 19.9 Å². The van der Waals surface area contributed by atoms with Gasteiger partial charge in [0.2, 0.25) is 5.95 Å². The van der Waals surface area contributed by atoms with E-state index in [9.17, 15) is 9.59 Å². The molecule has 4 rings (SSSR count). The Morgan fingerprint density at radius 3 is 2.48 bits per heavy atom. The molecule has 33 heavy (non-hydrogen) atoms. The molecule has 1 aliphatic rings. The third kappa shape index (κ3) is 4.99. The van der Waals surface area contributed by atoms with E-state index >= 15 is 0 Å². The Morgan fingerprint density at radius 2 is 1.88 bits per heavy atom. The van der Waals surface area contributed by atoms with Crippen molar-refractivity contribution in [2.24, 2.45) is 0 Å². The standard InChI is InChI=1S/C22H25N7O4/c1-33-17-6-8-28(9-7-17)19-21(31)29(12-14-2-4-15(5-3-14)20(30)27-32)13-18(26-19)16-10-24-22(23)25-11-16/h2-5,10-11,13,17,32H,6-9,12H2,1H3,(H,27,30)(H2,23,24,25). The molecule has 0 saturated carbocycles. The number of hydrogen-bond acceptors (Lipinski definition) is 9. The molecule has 11 heteroatoms. The van der Waals surface area contributed by atoms with Gasteiger partial charge >= 0.3 is 0 Å². The number of ether oxygens (including phenoxy) is 1. The summed E-state index contributed by atoms with van der Waals surface area (Å²) in [6.07, 6.45) is 6.59. The van der Waals surface area contributed by atoms with E-state index in [-0.39, 0.29) is 24.2 Å². The van der Waals surface area contributed by atoms with Crippen LogP contribution >= 0.6 is 0 Å². The summed E-state index contributed by atoms with van der Waals surface area (Å²) in [5, 5.41) is 8.79. The Balaban J connectivity index is 1.70. The van der Waals surface area contributed by atoms with Gasteiger partial charge in [0.05, 0.1) is 18.3 Å². The van der Waals surface area contributed by atoms with Crippen LogP contribution in [0.4, 0.5) is 11.8 Å². The van der Waals surface area contributed by atoms with E-state index in [1.54, 1.807) is 60.0 Å². The van der Waals surface area contributed by atoms with Crippen LogP contribution in [0.1, 0.15) is 28.8 Å². The Hall–Kier alpha value is -3.83. The van der Waals surface area contributed by atoms with Crippen LogP contribution in [0.5, 0.6) is 0 Å². The number of nitrogens with zero attached hydrogens (tertiary/aromatic N) is 5. The summed E-state index contributed by atoms with van der Waals surface area (Å²) in [5.74, 6) is -0.0916. The number of carbonyl (C=O) groups is 1. The Kier molecular flexibility index (Phi) is 6.61. The molecule has 1 fully saturated rings. The Morgan fingerprint density at radius 1 is 1.21 bits per heavy atom. The molecule has 4 N–H and O–H groups in total. The number of nitrogens with two attached hydrogens (primary N) is 1. The number of nitrogen functional groups attached to an aromatic ring is 1. The van der Waals surface area contributed by atoms with Crippen molar-refractivity contribution in [3.8, 4) is 11.3 Å². The fourth-order valence-electron chi connectivity index (χ4n) is 3.78. The highest BCUT2D eigenvalue weighted by molar-refractivity contribution is 5.93. The van der Waals surface area contributed by atoms with Gasteiger partial charge in [-0.2, -0.15) is 0 Å². The lowest BCUT2D eigenvalue weighted by Gasteiger charge is -2.32. The first-order valence-corrected chi connectivity index (χ1v) is 10.5. The number of amides is 1. The van der Waals surface area contributed by atoms with Crippen molar-refractivity contribution in [2.75, 3.05) is 30.8 Å². The molecule has 11 nitrogen and oxygen atoms in total.